The van der Waals surface area contributed by atoms with E-state index >= 15 is 0 Å². The van der Waals surface area contributed by atoms with Crippen molar-refractivity contribution in [2.24, 2.45) is 0 Å². The molecule has 0 aliphatic heterocycles. The Hall–Kier alpha value is -0.780. The van der Waals surface area contributed by atoms with E-state index in [1.165, 1.54) is 6.20 Å². The highest BCUT2D eigenvalue weighted by Crippen LogP contribution is 2.13. The van der Waals surface area contributed by atoms with E-state index in [4.69, 9.17) is 11.6 Å². The first kappa shape index (κ1) is 16.2. The normalized spacial score (nSPS) is 10.1. The molecular formula is C10H18Cl2N4O. The molecule has 0 aliphatic rings. The van der Waals surface area contributed by atoms with Crippen LogP contribution in [0.5, 0.6) is 0 Å². The number of aromatic amines is 1. The minimum absolute atomic E-state index is 0. The van der Waals surface area contributed by atoms with E-state index in [0.717, 1.165) is 26.2 Å². The highest BCUT2D eigenvalue weighted by molar-refractivity contribution is 6.32. The van der Waals surface area contributed by atoms with Crippen molar-refractivity contribution in [2.45, 2.75) is 13.8 Å². The fourth-order valence-electron chi connectivity index (χ4n) is 1.40. The van der Waals surface area contributed by atoms with Gasteiger partial charge in [0.25, 0.3) is 5.56 Å². The molecule has 0 radical (unpaired) electrons. The number of halogens is 2. The van der Waals surface area contributed by atoms with Crippen LogP contribution in [0.3, 0.4) is 0 Å². The number of nitrogens with one attached hydrogen (secondary N) is 2. The van der Waals surface area contributed by atoms with E-state index in [-0.39, 0.29) is 23.0 Å². The molecule has 0 atom stereocenters. The van der Waals surface area contributed by atoms with Crippen molar-refractivity contribution >= 4 is 29.7 Å². The maximum atomic E-state index is 11.1. The van der Waals surface area contributed by atoms with Crippen molar-refractivity contribution in [3.63, 3.8) is 0 Å². The van der Waals surface area contributed by atoms with Crippen molar-refractivity contribution in [3.05, 3.63) is 21.6 Å². The van der Waals surface area contributed by atoms with Crippen LogP contribution >= 0.6 is 24.0 Å². The fraction of sp³-hybridized carbons (Fsp3) is 0.600. The van der Waals surface area contributed by atoms with E-state index in [1.54, 1.807) is 0 Å². The van der Waals surface area contributed by atoms with Crippen LogP contribution in [0.25, 0.3) is 0 Å². The zero-order valence-electron chi connectivity index (χ0n) is 9.99. The van der Waals surface area contributed by atoms with Gasteiger partial charge in [0.05, 0.1) is 11.9 Å². The Balaban J connectivity index is 0.00000256. The number of likely N-dealkylation sites (N-methyl/N-ethyl adjacent to an activating group) is 1. The largest absolute Gasteiger partial charge is 0.381 e. The Morgan fingerprint density at radius 2 is 2.12 bits per heavy atom. The summed E-state index contributed by atoms with van der Waals surface area (Å²) in [5.41, 5.74) is 0.215. The third kappa shape index (κ3) is 4.93. The van der Waals surface area contributed by atoms with Gasteiger partial charge in [-0.1, -0.05) is 25.4 Å². The topological polar surface area (TPSA) is 61.0 Å². The molecule has 0 saturated carbocycles. The summed E-state index contributed by atoms with van der Waals surface area (Å²) >= 11 is 5.82. The van der Waals surface area contributed by atoms with Gasteiger partial charge in [0, 0.05) is 13.1 Å². The lowest BCUT2D eigenvalue weighted by Crippen LogP contribution is -2.29. The average molecular weight is 281 g/mol. The van der Waals surface area contributed by atoms with Crippen LogP contribution in [0.4, 0.5) is 5.69 Å². The van der Waals surface area contributed by atoms with Gasteiger partial charge in [0.2, 0.25) is 0 Å². The average Bonchev–Trinajstić information content (AvgIpc) is 2.30. The van der Waals surface area contributed by atoms with Crippen LogP contribution in [-0.4, -0.2) is 41.3 Å². The second kappa shape index (κ2) is 8.33. The van der Waals surface area contributed by atoms with Gasteiger partial charge in [-0.15, -0.1) is 12.4 Å². The summed E-state index contributed by atoms with van der Waals surface area (Å²) in [6, 6.07) is 0. The SMILES string of the molecule is CCN(CC)CCNc1cn[nH]c(=O)c1Cl.Cl. The number of hydrogen-bond donors (Lipinski definition) is 2. The molecule has 0 saturated heterocycles. The summed E-state index contributed by atoms with van der Waals surface area (Å²) in [4.78, 5) is 13.4. The molecule has 5 nitrogen and oxygen atoms in total. The Bertz CT molecular complexity index is 379. The Morgan fingerprint density at radius 3 is 2.71 bits per heavy atom. The molecule has 0 unspecified atom stereocenters. The molecule has 2 N–H and O–H groups in total. The lowest BCUT2D eigenvalue weighted by Gasteiger charge is -2.18. The predicted molar refractivity (Wildman–Crippen MR) is 73.4 cm³/mol. The maximum Gasteiger partial charge on any atom is 0.285 e. The standard InChI is InChI=1S/C10H17ClN4O.ClH/c1-3-15(4-2)6-5-12-8-7-13-14-10(16)9(8)11;/h7H,3-6H2,1-2H3,(H2,12,14,16);1H. The summed E-state index contributed by atoms with van der Waals surface area (Å²) in [6.45, 7) is 7.91. The van der Waals surface area contributed by atoms with Gasteiger partial charge in [0.15, 0.2) is 0 Å². The third-order valence-electron chi connectivity index (χ3n) is 2.43. The van der Waals surface area contributed by atoms with Gasteiger partial charge in [-0.05, 0) is 13.1 Å². The predicted octanol–water partition coefficient (Wildman–Crippen LogP) is 1.60. The van der Waals surface area contributed by atoms with Crippen molar-refractivity contribution in [2.75, 3.05) is 31.5 Å². The second-order valence-electron chi connectivity index (χ2n) is 3.38. The van der Waals surface area contributed by atoms with Crippen LogP contribution in [-0.2, 0) is 0 Å². The van der Waals surface area contributed by atoms with Crippen molar-refractivity contribution < 1.29 is 0 Å². The second-order valence-corrected chi connectivity index (χ2v) is 3.76. The summed E-state index contributed by atoms with van der Waals surface area (Å²) in [7, 11) is 0. The van der Waals surface area contributed by atoms with Gasteiger partial charge < -0.3 is 10.2 Å². The van der Waals surface area contributed by atoms with Gasteiger partial charge >= 0.3 is 0 Å². The van der Waals surface area contributed by atoms with Crippen molar-refractivity contribution in [1.82, 2.24) is 15.1 Å². The van der Waals surface area contributed by atoms with E-state index in [0.29, 0.717) is 5.69 Å². The van der Waals surface area contributed by atoms with Gasteiger partial charge in [-0.3, -0.25) is 4.79 Å². The zero-order chi connectivity index (χ0) is 12.0. The molecule has 0 bridgehead atoms. The first-order chi connectivity index (χ1) is 7.69. The molecule has 98 valence electrons. The number of hydrogen-bond acceptors (Lipinski definition) is 4. The van der Waals surface area contributed by atoms with Crippen LogP contribution in [0.15, 0.2) is 11.0 Å². The molecule has 1 heterocycles. The Kier molecular flexibility index (Phi) is 7.95. The molecule has 0 spiro atoms. The summed E-state index contributed by atoms with van der Waals surface area (Å²) < 4.78 is 0. The fourth-order valence-corrected chi connectivity index (χ4v) is 1.55. The summed E-state index contributed by atoms with van der Waals surface area (Å²) in [5.74, 6) is 0. The number of rotatable bonds is 6. The summed E-state index contributed by atoms with van der Waals surface area (Å²) in [6.07, 6.45) is 1.52. The van der Waals surface area contributed by atoms with Crippen LogP contribution in [0, 0.1) is 0 Å². The lowest BCUT2D eigenvalue weighted by molar-refractivity contribution is 0.316. The van der Waals surface area contributed by atoms with E-state index in [1.807, 2.05) is 0 Å². The van der Waals surface area contributed by atoms with Crippen LogP contribution in [0.1, 0.15) is 13.8 Å². The number of anilines is 1. The van der Waals surface area contributed by atoms with Crippen LogP contribution in [0.2, 0.25) is 5.02 Å². The number of aromatic nitrogens is 2. The lowest BCUT2D eigenvalue weighted by atomic mass is 10.4. The highest BCUT2D eigenvalue weighted by atomic mass is 35.5. The highest BCUT2D eigenvalue weighted by Gasteiger charge is 2.04. The monoisotopic (exact) mass is 280 g/mol. The first-order valence-corrected chi connectivity index (χ1v) is 5.76. The number of nitrogens with zero attached hydrogens (tertiary/aromatic N) is 2. The maximum absolute atomic E-state index is 11.1. The minimum atomic E-state index is -0.366. The van der Waals surface area contributed by atoms with Gasteiger partial charge in [-0.2, -0.15) is 5.10 Å². The van der Waals surface area contributed by atoms with Crippen molar-refractivity contribution in [1.29, 1.82) is 0 Å². The van der Waals surface area contributed by atoms with Gasteiger partial charge in [-0.25, -0.2) is 5.10 Å². The summed E-state index contributed by atoms with van der Waals surface area (Å²) in [5, 5.41) is 9.22. The molecule has 7 heteroatoms. The quantitative estimate of drug-likeness (QED) is 0.831. The first-order valence-electron chi connectivity index (χ1n) is 5.38. The molecule has 0 amide bonds. The van der Waals surface area contributed by atoms with E-state index in [2.05, 4.69) is 34.3 Å². The molecule has 0 aromatic carbocycles. The molecule has 1 aromatic heterocycles. The molecule has 1 aromatic rings. The molecular weight excluding hydrogens is 263 g/mol. The molecule has 0 aliphatic carbocycles. The van der Waals surface area contributed by atoms with Crippen LogP contribution < -0.4 is 10.9 Å². The number of H-pyrrole nitrogens is 1. The Morgan fingerprint density at radius 1 is 1.47 bits per heavy atom. The third-order valence-corrected chi connectivity index (χ3v) is 2.81. The molecule has 0 fully saturated rings. The zero-order valence-corrected chi connectivity index (χ0v) is 11.6. The smallest absolute Gasteiger partial charge is 0.285 e. The molecule has 17 heavy (non-hydrogen) atoms. The van der Waals surface area contributed by atoms with Gasteiger partial charge in [0.1, 0.15) is 5.02 Å². The van der Waals surface area contributed by atoms with E-state index < -0.39 is 0 Å². The van der Waals surface area contributed by atoms with E-state index in [9.17, 15) is 4.79 Å². The minimum Gasteiger partial charge on any atom is -0.381 e. The molecule has 1 rings (SSSR count). The van der Waals surface area contributed by atoms with Crippen molar-refractivity contribution in [3.8, 4) is 0 Å². The Labute approximate surface area is 112 Å².